The molecule has 4 nitrogen and oxygen atoms in total. The molecule has 0 aliphatic carbocycles. The SMILES string of the molecule is CC(C)COc1ccccc1C(=O)Nc1cccc(N)c1. The van der Waals surface area contributed by atoms with Crippen molar-refractivity contribution >= 4 is 17.3 Å². The number of amides is 1. The number of nitrogen functional groups attached to an aromatic ring is 1. The van der Waals surface area contributed by atoms with Gasteiger partial charge in [0.2, 0.25) is 0 Å². The maximum Gasteiger partial charge on any atom is 0.259 e. The number of benzene rings is 2. The first-order valence-corrected chi connectivity index (χ1v) is 6.95. The van der Waals surface area contributed by atoms with Crippen molar-refractivity contribution in [3.63, 3.8) is 0 Å². The smallest absolute Gasteiger partial charge is 0.259 e. The lowest BCUT2D eigenvalue weighted by Crippen LogP contribution is -2.15. The van der Waals surface area contributed by atoms with Crippen molar-refractivity contribution < 1.29 is 9.53 Å². The number of nitrogens with two attached hydrogens (primary N) is 1. The molecule has 0 unspecified atom stereocenters. The van der Waals surface area contributed by atoms with Crippen LogP contribution in [0, 0.1) is 5.92 Å². The van der Waals surface area contributed by atoms with Crippen LogP contribution in [-0.4, -0.2) is 12.5 Å². The Kier molecular flexibility index (Phi) is 4.82. The minimum atomic E-state index is -0.208. The summed E-state index contributed by atoms with van der Waals surface area (Å²) in [7, 11) is 0. The third kappa shape index (κ3) is 4.24. The Hall–Kier alpha value is -2.49. The highest BCUT2D eigenvalue weighted by molar-refractivity contribution is 6.06. The van der Waals surface area contributed by atoms with Crippen LogP contribution in [0.25, 0.3) is 0 Å². The van der Waals surface area contributed by atoms with Crippen molar-refractivity contribution in [2.75, 3.05) is 17.7 Å². The largest absolute Gasteiger partial charge is 0.492 e. The highest BCUT2D eigenvalue weighted by atomic mass is 16.5. The van der Waals surface area contributed by atoms with Crippen LogP contribution in [0.15, 0.2) is 48.5 Å². The second-order valence-electron chi connectivity index (χ2n) is 5.28. The fourth-order valence-electron chi connectivity index (χ4n) is 1.85. The Morgan fingerprint density at radius 3 is 2.67 bits per heavy atom. The van der Waals surface area contributed by atoms with Crippen molar-refractivity contribution in [2.24, 2.45) is 5.92 Å². The minimum Gasteiger partial charge on any atom is -0.492 e. The summed E-state index contributed by atoms with van der Waals surface area (Å²) in [6, 6.07) is 14.3. The number of para-hydroxylation sites is 1. The van der Waals surface area contributed by atoms with Crippen LogP contribution in [0.4, 0.5) is 11.4 Å². The average Bonchev–Trinajstić information content (AvgIpc) is 2.45. The van der Waals surface area contributed by atoms with Crippen molar-refractivity contribution in [1.82, 2.24) is 0 Å². The van der Waals surface area contributed by atoms with Crippen molar-refractivity contribution in [2.45, 2.75) is 13.8 Å². The number of carbonyl (C=O) groups excluding carboxylic acids is 1. The van der Waals surface area contributed by atoms with E-state index < -0.39 is 0 Å². The Morgan fingerprint density at radius 2 is 1.95 bits per heavy atom. The van der Waals surface area contributed by atoms with Crippen LogP contribution in [0.2, 0.25) is 0 Å². The lowest BCUT2D eigenvalue weighted by molar-refractivity contribution is 0.102. The van der Waals surface area contributed by atoms with Gasteiger partial charge in [0.15, 0.2) is 0 Å². The number of rotatable bonds is 5. The molecule has 110 valence electrons. The highest BCUT2D eigenvalue weighted by Crippen LogP contribution is 2.21. The van der Waals surface area contributed by atoms with Gasteiger partial charge >= 0.3 is 0 Å². The summed E-state index contributed by atoms with van der Waals surface area (Å²) in [6.45, 7) is 4.70. The number of hydrogen-bond acceptors (Lipinski definition) is 3. The molecule has 0 saturated carbocycles. The topological polar surface area (TPSA) is 64.3 Å². The van der Waals surface area contributed by atoms with Crippen LogP contribution in [0.1, 0.15) is 24.2 Å². The first-order chi connectivity index (χ1) is 10.1. The Labute approximate surface area is 124 Å². The number of carbonyl (C=O) groups is 1. The molecule has 0 fully saturated rings. The maximum absolute atomic E-state index is 12.4. The quantitative estimate of drug-likeness (QED) is 0.825. The second kappa shape index (κ2) is 6.79. The van der Waals surface area contributed by atoms with E-state index in [0.29, 0.717) is 35.2 Å². The zero-order valence-electron chi connectivity index (χ0n) is 12.3. The first kappa shape index (κ1) is 14.9. The molecular weight excluding hydrogens is 264 g/mol. The summed E-state index contributed by atoms with van der Waals surface area (Å²) < 4.78 is 5.70. The van der Waals surface area contributed by atoms with Gasteiger partial charge in [0.1, 0.15) is 5.75 Å². The Morgan fingerprint density at radius 1 is 1.19 bits per heavy atom. The molecule has 0 aromatic heterocycles. The van der Waals surface area contributed by atoms with Gasteiger partial charge in [0, 0.05) is 11.4 Å². The van der Waals surface area contributed by atoms with E-state index in [-0.39, 0.29) is 5.91 Å². The van der Waals surface area contributed by atoms with E-state index in [1.165, 1.54) is 0 Å². The first-order valence-electron chi connectivity index (χ1n) is 6.95. The van der Waals surface area contributed by atoms with Crippen LogP contribution < -0.4 is 15.8 Å². The van der Waals surface area contributed by atoms with E-state index in [4.69, 9.17) is 10.5 Å². The van der Waals surface area contributed by atoms with Gasteiger partial charge < -0.3 is 15.8 Å². The van der Waals surface area contributed by atoms with Crippen LogP contribution in [0.5, 0.6) is 5.75 Å². The highest BCUT2D eigenvalue weighted by Gasteiger charge is 2.12. The minimum absolute atomic E-state index is 0.208. The van der Waals surface area contributed by atoms with Crippen LogP contribution >= 0.6 is 0 Å². The van der Waals surface area contributed by atoms with Crippen molar-refractivity contribution in [3.05, 3.63) is 54.1 Å². The summed E-state index contributed by atoms with van der Waals surface area (Å²) in [4.78, 5) is 12.4. The third-order valence-corrected chi connectivity index (χ3v) is 2.85. The lowest BCUT2D eigenvalue weighted by Gasteiger charge is -2.13. The molecule has 2 aromatic carbocycles. The number of nitrogens with one attached hydrogen (secondary N) is 1. The lowest BCUT2D eigenvalue weighted by atomic mass is 10.1. The molecule has 2 aromatic rings. The fraction of sp³-hybridized carbons (Fsp3) is 0.235. The molecule has 1 amide bonds. The summed E-state index contributed by atoms with van der Waals surface area (Å²) in [6.07, 6.45) is 0. The summed E-state index contributed by atoms with van der Waals surface area (Å²) in [5.74, 6) is 0.780. The predicted molar refractivity (Wildman–Crippen MR) is 85.6 cm³/mol. The van der Waals surface area contributed by atoms with E-state index in [0.717, 1.165) is 0 Å². The normalized spacial score (nSPS) is 10.4. The Bertz CT molecular complexity index is 624. The Balaban J connectivity index is 2.15. The van der Waals surface area contributed by atoms with E-state index in [1.54, 1.807) is 36.4 Å². The molecule has 0 aliphatic rings. The number of anilines is 2. The molecule has 2 rings (SSSR count). The second-order valence-corrected chi connectivity index (χ2v) is 5.28. The zero-order chi connectivity index (χ0) is 15.2. The molecular formula is C17H20N2O2. The number of ether oxygens (including phenoxy) is 1. The van der Waals surface area contributed by atoms with Crippen LogP contribution in [-0.2, 0) is 0 Å². The standard InChI is InChI=1S/C17H20N2O2/c1-12(2)11-21-16-9-4-3-8-15(16)17(20)19-14-7-5-6-13(18)10-14/h3-10,12H,11,18H2,1-2H3,(H,19,20). The van der Waals surface area contributed by atoms with E-state index in [1.807, 2.05) is 12.1 Å². The van der Waals surface area contributed by atoms with E-state index >= 15 is 0 Å². The molecule has 0 bridgehead atoms. The summed E-state index contributed by atoms with van der Waals surface area (Å²) >= 11 is 0. The van der Waals surface area contributed by atoms with Crippen LogP contribution in [0.3, 0.4) is 0 Å². The molecule has 0 spiro atoms. The van der Waals surface area contributed by atoms with Gasteiger partial charge in [0.05, 0.1) is 12.2 Å². The van der Waals surface area contributed by atoms with Gasteiger partial charge in [-0.2, -0.15) is 0 Å². The molecule has 4 heteroatoms. The van der Waals surface area contributed by atoms with Crippen molar-refractivity contribution in [3.8, 4) is 5.75 Å². The molecule has 0 saturated heterocycles. The molecule has 3 N–H and O–H groups in total. The monoisotopic (exact) mass is 284 g/mol. The van der Waals surface area contributed by atoms with E-state index in [2.05, 4.69) is 19.2 Å². The molecule has 0 atom stereocenters. The summed E-state index contributed by atoms with van der Waals surface area (Å²) in [5, 5.41) is 2.83. The number of hydrogen-bond donors (Lipinski definition) is 2. The predicted octanol–water partition coefficient (Wildman–Crippen LogP) is 3.56. The average molecular weight is 284 g/mol. The van der Waals surface area contributed by atoms with Gasteiger partial charge in [0.25, 0.3) is 5.91 Å². The molecule has 21 heavy (non-hydrogen) atoms. The fourth-order valence-corrected chi connectivity index (χ4v) is 1.85. The maximum atomic E-state index is 12.4. The molecule has 0 aliphatic heterocycles. The van der Waals surface area contributed by atoms with E-state index in [9.17, 15) is 4.79 Å². The third-order valence-electron chi connectivity index (χ3n) is 2.85. The van der Waals surface area contributed by atoms with Gasteiger partial charge in [-0.25, -0.2) is 0 Å². The van der Waals surface area contributed by atoms with Gasteiger partial charge in [-0.3, -0.25) is 4.79 Å². The summed E-state index contributed by atoms with van der Waals surface area (Å²) in [5.41, 5.74) is 7.50. The van der Waals surface area contributed by atoms with Gasteiger partial charge in [-0.1, -0.05) is 32.0 Å². The van der Waals surface area contributed by atoms with Gasteiger partial charge in [-0.15, -0.1) is 0 Å². The molecule has 0 radical (unpaired) electrons. The zero-order valence-corrected chi connectivity index (χ0v) is 12.3. The molecule has 0 heterocycles. The van der Waals surface area contributed by atoms with Gasteiger partial charge in [-0.05, 0) is 36.2 Å². The van der Waals surface area contributed by atoms with Crippen molar-refractivity contribution in [1.29, 1.82) is 0 Å².